The molecule has 3 N–H and O–H groups in total. The maximum atomic E-state index is 12.0. The number of aryl methyl sites for hydroxylation is 1. The average molecular weight is 417 g/mol. The van der Waals surface area contributed by atoms with E-state index in [2.05, 4.69) is 5.32 Å². The molecule has 0 atom stereocenters. The summed E-state index contributed by atoms with van der Waals surface area (Å²) >= 11 is 11.6. The molecule has 2 aromatic rings. The lowest BCUT2D eigenvalue weighted by atomic mass is 10.2. The van der Waals surface area contributed by atoms with Crippen LogP contribution in [-0.2, 0) is 19.6 Å². The van der Waals surface area contributed by atoms with Gasteiger partial charge in [0.1, 0.15) is 4.90 Å². The van der Waals surface area contributed by atoms with Crippen molar-refractivity contribution in [3.63, 3.8) is 0 Å². The summed E-state index contributed by atoms with van der Waals surface area (Å²) in [5, 5.41) is 7.90. The van der Waals surface area contributed by atoms with Crippen molar-refractivity contribution >= 4 is 50.8 Å². The zero-order valence-electron chi connectivity index (χ0n) is 13.5. The van der Waals surface area contributed by atoms with Crippen molar-refractivity contribution in [3.8, 4) is 0 Å². The Bertz CT molecular complexity index is 977. The van der Waals surface area contributed by atoms with Gasteiger partial charge in [0.15, 0.2) is 6.61 Å². The van der Waals surface area contributed by atoms with Gasteiger partial charge >= 0.3 is 5.97 Å². The summed E-state index contributed by atoms with van der Waals surface area (Å²) in [4.78, 5) is 23.5. The molecule has 26 heavy (non-hydrogen) atoms. The summed E-state index contributed by atoms with van der Waals surface area (Å²) in [7, 11) is -4.10. The van der Waals surface area contributed by atoms with Gasteiger partial charge in [0.05, 0.1) is 10.6 Å². The molecule has 0 unspecified atom stereocenters. The van der Waals surface area contributed by atoms with E-state index < -0.39 is 33.4 Å². The molecule has 0 saturated carbocycles. The molecule has 0 saturated heterocycles. The fourth-order valence-corrected chi connectivity index (χ4v) is 3.22. The molecule has 0 radical (unpaired) electrons. The average Bonchev–Trinajstić information content (AvgIpc) is 2.55. The predicted molar refractivity (Wildman–Crippen MR) is 97.9 cm³/mol. The lowest BCUT2D eigenvalue weighted by Crippen LogP contribution is -2.21. The summed E-state index contributed by atoms with van der Waals surface area (Å²) in [6.07, 6.45) is 0. The first-order chi connectivity index (χ1) is 12.1. The van der Waals surface area contributed by atoms with Gasteiger partial charge in [-0.05, 0) is 42.8 Å². The standard InChI is InChI=1S/C16H14Cl2N2O5S/c1-9-2-4-11(17)7-13(9)20-15(21)8-25-16(22)10-3-5-12(18)14(6-10)26(19,23)24/h2-7H,8H2,1H3,(H,20,21)(H2,19,23,24). The van der Waals surface area contributed by atoms with Crippen LogP contribution in [0.15, 0.2) is 41.3 Å². The zero-order valence-corrected chi connectivity index (χ0v) is 15.8. The molecule has 138 valence electrons. The fourth-order valence-electron chi connectivity index (χ4n) is 1.98. The van der Waals surface area contributed by atoms with E-state index in [4.69, 9.17) is 33.1 Å². The SMILES string of the molecule is Cc1ccc(Cl)cc1NC(=O)COC(=O)c1ccc(Cl)c(S(N)(=O)=O)c1. The van der Waals surface area contributed by atoms with Gasteiger partial charge in [-0.15, -0.1) is 0 Å². The molecule has 10 heteroatoms. The van der Waals surface area contributed by atoms with Crippen LogP contribution in [0.4, 0.5) is 5.69 Å². The van der Waals surface area contributed by atoms with Crippen LogP contribution in [0.5, 0.6) is 0 Å². The number of nitrogens with two attached hydrogens (primary N) is 1. The maximum Gasteiger partial charge on any atom is 0.338 e. The van der Waals surface area contributed by atoms with Crippen LogP contribution in [0, 0.1) is 6.92 Å². The Morgan fingerprint density at radius 3 is 2.50 bits per heavy atom. The predicted octanol–water partition coefficient (Wildman–Crippen LogP) is 2.74. The second-order valence-electron chi connectivity index (χ2n) is 5.27. The third-order valence-electron chi connectivity index (χ3n) is 3.28. The maximum absolute atomic E-state index is 12.0. The smallest absolute Gasteiger partial charge is 0.338 e. The minimum atomic E-state index is -4.10. The van der Waals surface area contributed by atoms with Crippen molar-refractivity contribution < 1.29 is 22.7 Å². The molecule has 0 fully saturated rings. The number of nitrogens with one attached hydrogen (secondary N) is 1. The molecule has 0 aliphatic heterocycles. The fraction of sp³-hybridized carbons (Fsp3) is 0.125. The number of primary sulfonamides is 1. The quantitative estimate of drug-likeness (QED) is 0.726. The third kappa shape index (κ3) is 5.18. The van der Waals surface area contributed by atoms with Crippen LogP contribution in [-0.4, -0.2) is 26.9 Å². The van der Waals surface area contributed by atoms with Crippen LogP contribution in [0.2, 0.25) is 10.0 Å². The Balaban J connectivity index is 2.04. The third-order valence-corrected chi connectivity index (χ3v) is 4.91. The van der Waals surface area contributed by atoms with Gasteiger partial charge in [0.25, 0.3) is 5.91 Å². The number of anilines is 1. The highest BCUT2D eigenvalue weighted by molar-refractivity contribution is 7.89. The minimum absolute atomic E-state index is 0.106. The van der Waals surface area contributed by atoms with E-state index >= 15 is 0 Å². The van der Waals surface area contributed by atoms with Gasteiger partial charge in [-0.2, -0.15) is 0 Å². The molecule has 2 aromatic carbocycles. The Morgan fingerprint density at radius 1 is 1.15 bits per heavy atom. The molecule has 0 heterocycles. The Hall–Kier alpha value is -2.13. The summed E-state index contributed by atoms with van der Waals surface area (Å²) in [5.41, 5.74) is 1.16. The topological polar surface area (TPSA) is 116 Å². The Labute approximate surface area is 160 Å². The van der Waals surface area contributed by atoms with Crippen molar-refractivity contribution in [2.75, 3.05) is 11.9 Å². The number of rotatable bonds is 5. The van der Waals surface area contributed by atoms with Crippen molar-refractivity contribution in [1.82, 2.24) is 0 Å². The van der Waals surface area contributed by atoms with E-state index in [1.165, 1.54) is 12.1 Å². The first-order valence-corrected chi connectivity index (χ1v) is 9.43. The lowest BCUT2D eigenvalue weighted by molar-refractivity contribution is -0.119. The van der Waals surface area contributed by atoms with Gasteiger partial charge in [-0.25, -0.2) is 18.4 Å². The van der Waals surface area contributed by atoms with Crippen molar-refractivity contribution in [1.29, 1.82) is 0 Å². The van der Waals surface area contributed by atoms with Gasteiger partial charge in [-0.3, -0.25) is 4.79 Å². The molecule has 0 aromatic heterocycles. The highest BCUT2D eigenvalue weighted by atomic mass is 35.5. The van der Waals surface area contributed by atoms with Crippen LogP contribution in [0.25, 0.3) is 0 Å². The number of ether oxygens (including phenoxy) is 1. The number of hydrogen-bond acceptors (Lipinski definition) is 5. The molecule has 0 aliphatic carbocycles. The zero-order chi connectivity index (χ0) is 19.5. The van der Waals surface area contributed by atoms with E-state index in [1.54, 1.807) is 25.1 Å². The normalized spacial score (nSPS) is 11.1. The molecule has 7 nitrogen and oxygen atoms in total. The summed E-state index contributed by atoms with van der Waals surface area (Å²) in [5.74, 6) is -1.48. The number of carbonyl (C=O) groups excluding carboxylic acids is 2. The van der Waals surface area contributed by atoms with E-state index in [0.29, 0.717) is 10.7 Å². The number of halogens is 2. The number of carbonyl (C=O) groups is 2. The number of esters is 1. The minimum Gasteiger partial charge on any atom is -0.452 e. The van der Waals surface area contributed by atoms with Crippen molar-refractivity contribution in [2.24, 2.45) is 5.14 Å². The van der Waals surface area contributed by atoms with Crippen LogP contribution in [0.1, 0.15) is 15.9 Å². The molecule has 0 bridgehead atoms. The monoisotopic (exact) mass is 416 g/mol. The molecule has 0 aliphatic rings. The highest BCUT2D eigenvalue weighted by Crippen LogP contribution is 2.22. The molecule has 1 amide bonds. The van der Waals surface area contributed by atoms with Crippen LogP contribution >= 0.6 is 23.2 Å². The van der Waals surface area contributed by atoms with E-state index in [-0.39, 0.29) is 10.6 Å². The Kier molecular flexibility index (Phi) is 6.25. The summed E-state index contributed by atoms with van der Waals surface area (Å²) < 4.78 is 27.7. The molecule has 0 spiro atoms. The summed E-state index contributed by atoms with van der Waals surface area (Å²) in [6, 6.07) is 8.42. The first-order valence-electron chi connectivity index (χ1n) is 7.13. The van der Waals surface area contributed by atoms with Gasteiger partial charge in [-0.1, -0.05) is 29.3 Å². The van der Waals surface area contributed by atoms with Crippen LogP contribution < -0.4 is 10.5 Å². The van der Waals surface area contributed by atoms with Crippen molar-refractivity contribution in [2.45, 2.75) is 11.8 Å². The Morgan fingerprint density at radius 2 is 1.85 bits per heavy atom. The highest BCUT2D eigenvalue weighted by Gasteiger charge is 2.18. The van der Waals surface area contributed by atoms with E-state index in [0.717, 1.165) is 11.6 Å². The first kappa shape index (κ1) is 20.2. The van der Waals surface area contributed by atoms with Crippen molar-refractivity contribution in [3.05, 3.63) is 57.6 Å². The number of sulfonamides is 1. The lowest BCUT2D eigenvalue weighted by Gasteiger charge is -2.10. The van der Waals surface area contributed by atoms with Gasteiger partial charge in [0, 0.05) is 10.7 Å². The van der Waals surface area contributed by atoms with Gasteiger partial charge < -0.3 is 10.1 Å². The van der Waals surface area contributed by atoms with E-state index in [1.807, 2.05) is 0 Å². The molecule has 2 rings (SSSR count). The summed E-state index contributed by atoms with van der Waals surface area (Å²) in [6.45, 7) is 1.21. The van der Waals surface area contributed by atoms with E-state index in [9.17, 15) is 18.0 Å². The van der Waals surface area contributed by atoms with Gasteiger partial charge in [0.2, 0.25) is 10.0 Å². The number of hydrogen-bond donors (Lipinski definition) is 2. The number of amides is 1. The molecular formula is C16H14Cl2N2O5S. The molecular weight excluding hydrogens is 403 g/mol. The number of benzene rings is 2. The van der Waals surface area contributed by atoms with Crippen LogP contribution in [0.3, 0.4) is 0 Å². The second kappa shape index (κ2) is 8.05. The second-order valence-corrected chi connectivity index (χ2v) is 7.65. The largest absolute Gasteiger partial charge is 0.452 e.